The molecule has 3 aliphatic rings. The predicted octanol–water partition coefficient (Wildman–Crippen LogP) is 0.585. The normalized spacial score (nSPS) is 35.1. The van der Waals surface area contributed by atoms with Gasteiger partial charge in [0.15, 0.2) is 0 Å². The summed E-state index contributed by atoms with van der Waals surface area (Å²) in [6.45, 7) is 3.43. The van der Waals surface area contributed by atoms with Gasteiger partial charge < -0.3 is 5.32 Å². The van der Waals surface area contributed by atoms with Crippen LogP contribution in [0.15, 0.2) is 18.6 Å². The lowest BCUT2D eigenvalue weighted by atomic mass is 10.1. The van der Waals surface area contributed by atoms with Gasteiger partial charge in [-0.25, -0.2) is 9.97 Å². The molecule has 0 aromatic carbocycles. The second-order valence-corrected chi connectivity index (χ2v) is 4.37. The minimum Gasteiger partial charge on any atom is -0.312 e. The molecule has 4 heteroatoms. The molecule has 0 amide bonds. The maximum absolute atomic E-state index is 4.37. The van der Waals surface area contributed by atoms with Gasteiger partial charge in [-0.3, -0.25) is 4.90 Å². The maximum atomic E-state index is 4.37. The van der Waals surface area contributed by atoms with E-state index < -0.39 is 0 Å². The number of hydrogen-bond donors (Lipinski definition) is 1. The Kier molecular flexibility index (Phi) is 2.38. The number of nitrogens with zero attached hydrogens (tertiary/aromatic N) is 3. The molecule has 0 aliphatic carbocycles. The first kappa shape index (κ1) is 9.24. The largest absolute Gasteiger partial charge is 0.312 e. The predicted molar refractivity (Wildman–Crippen MR) is 57.4 cm³/mol. The van der Waals surface area contributed by atoms with E-state index in [1.165, 1.54) is 25.9 Å². The van der Waals surface area contributed by atoms with Crippen molar-refractivity contribution in [3.63, 3.8) is 0 Å². The van der Waals surface area contributed by atoms with Crippen molar-refractivity contribution in [2.75, 3.05) is 19.6 Å². The highest BCUT2D eigenvalue weighted by molar-refractivity contribution is 5.08. The highest BCUT2D eigenvalue weighted by atomic mass is 15.2. The van der Waals surface area contributed by atoms with E-state index in [1.807, 2.05) is 12.3 Å². The summed E-state index contributed by atoms with van der Waals surface area (Å²) in [4.78, 5) is 10.9. The average Bonchev–Trinajstić information content (AvgIpc) is 2.63. The van der Waals surface area contributed by atoms with E-state index in [-0.39, 0.29) is 0 Å². The first-order chi connectivity index (χ1) is 7.43. The summed E-state index contributed by atoms with van der Waals surface area (Å²) >= 11 is 0. The van der Waals surface area contributed by atoms with Crippen molar-refractivity contribution in [3.05, 3.63) is 24.3 Å². The summed E-state index contributed by atoms with van der Waals surface area (Å²) in [6, 6.07) is 3.21. The van der Waals surface area contributed by atoms with Crippen LogP contribution in [0.25, 0.3) is 0 Å². The molecule has 0 radical (unpaired) electrons. The van der Waals surface area contributed by atoms with Gasteiger partial charge >= 0.3 is 0 Å². The van der Waals surface area contributed by atoms with Gasteiger partial charge in [-0.15, -0.1) is 0 Å². The molecule has 3 saturated heterocycles. The van der Waals surface area contributed by atoms with E-state index in [0.717, 1.165) is 18.3 Å². The minimum absolute atomic E-state index is 0.445. The van der Waals surface area contributed by atoms with Crippen LogP contribution < -0.4 is 5.32 Å². The monoisotopic (exact) mass is 204 g/mol. The van der Waals surface area contributed by atoms with Gasteiger partial charge in [-0.1, -0.05) is 0 Å². The summed E-state index contributed by atoms with van der Waals surface area (Å²) in [5, 5.41) is 3.62. The molecular formula is C11H16N4. The van der Waals surface area contributed by atoms with Gasteiger partial charge in [0.25, 0.3) is 0 Å². The van der Waals surface area contributed by atoms with Crippen LogP contribution in [0.3, 0.4) is 0 Å². The second-order valence-electron chi connectivity index (χ2n) is 4.37. The fraction of sp³-hybridized carbons (Fsp3) is 0.636. The van der Waals surface area contributed by atoms with Crippen molar-refractivity contribution in [2.24, 2.45) is 0 Å². The van der Waals surface area contributed by atoms with Crippen molar-refractivity contribution in [2.45, 2.75) is 24.9 Å². The number of nitrogens with one attached hydrogen (secondary N) is 1. The lowest BCUT2D eigenvalue weighted by molar-refractivity contribution is 0.186. The highest BCUT2D eigenvalue weighted by Crippen LogP contribution is 2.26. The van der Waals surface area contributed by atoms with Crippen molar-refractivity contribution >= 4 is 0 Å². The van der Waals surface area contributed by atoms with Crippen molar-refractivity contribution in [1.82, 2.24) is 20.2 Å². The number of hydrogen-bond acceptors (Lipinski definition) is 4. The third kappa shape index (κ3) is 1.75. The molecule has 3 aliphatic heterocycles. The van der Waals surface area contributed by atoms with Crippen LogP contribution in [0.4, 0.5) is 0 Å². The molecule has 80 valence electrons. The van der Waals surface area contributed by atoms with Crippen LogP contribution in [0.5, 0.6) is 0 Å². The summed E-state index contributed by atoms with van der Waals surface area (Å²) in [5.74, 6) is 0. The topological polar surface area (TPSA) is 41.0 Å². The SMILES string of the molecule is c1cc(C2CNC3CCN2CC3)ncn1. The molecular weight excluding hydrogens is 188 g/mol. The first-order valence-electron chi connectivity index (χ1n) is 5.67. The van der Waals surface area contributed by atoms with Gasteiger partial charge in [0, 0.05) is 31.9 Å². The Morgan fingerprint density at radius 2 is 2.20 bits per heavy atom. The number of fused-ring (bicyclic) bond motifs is 4. The second kappa shape index (κ2) is 3.87. The van der Waals surface area contributed by atoms with E-state index in [1.54, 1.807) is 6.33 Å². The molecule has 3 fully saturated rings. The third-order valence-corrected chi connectivity index (χ3v) is 3.52. The van der Waals surface area contributed by atoms with Crippen molar-refractivity contribution in [1.29, 1.82) is 0 Å². The van der Waals surface area contributed by atoms with Crippen LogP contribution >= 0.6 is 0 Å². The van der Waals surface area contributed by atoms with E-state index in [2.05, 4.69) is 20.2 Å². The molecule has 1 aromatic rings. The molecule has 1 atom stereocenters. The molecule has 1 N–H and O–H groups in total. The summed E-state index contributed by atoms with van der Waals surface area (Å²) in [5.41, 5.74) is 1.15. The third-order valence-electron chi connectivity index (χ3n) is 3.52. The maximum Gasteiger partial charge on any atom is 0.115 e. The Morgan fingerprint density at radius 1 is 1.33 bits per heavy atom. The Hall–Kier alpha value is -1.00. The van der Waals surface area contributed by atoms with Crippen molar-refractivity contribution in [3.8, 4) is 0 Å². The van der Waals surface area contributed by atoms with E-state index in [9.17, 15) is 0 Å². The fourth-order valence-electron chi connectivity index (χ4n) is 2.61. The zero-order chi connectivity index (χ0) is 10.1. The van der Waals surface area contributed by atoms with Gasteiger partial charge in [0.05, 0.1) is 11.7 Å². The first-order valence-corrected chi connectivity index (χ1v) is 5.67. The molecule has 15 heavy (non-hydrogen) atoms. The fourth-order valence-corrected chi connectivity index (χ4v) is 2.61. The smallest absolute Gasteiger partial charge is 0.115 e. The van der Waals surface area contributed by atoms with Gasteiger partial charge in [0.2, 0.25) is 0 Å². The standard InChI is InChI=1S/C11H16N4/c1-4-12-8-14-10(1)11-7-13-9-2-5-15(11)6-3-9/h1,4,8-9,11,13H,2-3,5-7H2. The Labute approximate surface area is 89.7 Å². The van der Waals surface area contributed by atoms with Gasteiger partial charge in [-0.2, -0.15) is 0 Å². The molecule has 1 aromatic heterocycles. The zero-order valence-electron chi connectivity index (χ0n) is 8.76. The Morgan fingerprint density at radius 3 is 2.93 bits per heavy atom. The van der Waals surface area contributed by atoms with Crippen LogP contribution in [0, 0.1) is 0 Å². The lowest BCUT2D eigenvalue weighted by Gasteiger charge is -2.30. The van der Waals surface area contributed by atoms with E-state index in [0.29, 0.717) is 6.04 Å². The number of rotatable bonds is 1. The van der Waals surface area contributed by atoms with Crippen molar-refractivity contribution < 1.29 is 0 Å². The number of piperidine rings is 1. The number of aromatic nitrogens is 2. The summed E-state index contributed by atoms with van der Waals surface area (Å²) < 4.78 is 0. The Bertz CT molecular complexity index is 319. The zero-order valence-corrected chi connectivity index (χ0v) is 8.76. The molecule has 2 bridgehead atoms. The molecule has 4 rings (SSSR count). The minimum atomic E-state index is 0.445. The highest BCUT2D eigenvalue weighted by Gasteiger charge is 2.30. The molecule has 0 saturated carbocycles. The summed E-state index contributed by atoms with van der Waals surface area (Å²) in [7, 11) is 0. The molecule has 1 unspecified atom stereocenters. The average molecular weight is 204 g/mol. The lowest BCUT2D eigenvalue weighted by Crippen LogP contribution is -2.35. The molecule has 0 spiro atoms. The molecule has 4 nitrogen and oxygen atoms in total. The summed E-state index contributed by atoms with van der Waals surface area (Å²) in [6.07, 6.45) is 6.04. The Balaban J connectivity index is 1.86. The van der Waals surface area contributed by atoms with Crippen LogP contribution in [-0.4, -0.2) is 40.5 Å². The van der Waals surface area contributed by atoms with E-state index in [4.69, 9.17) is 0 Å². The van der Waals surface area contributed by atoms with Crippen LogP contribution in [0.2, 0.25) is 0 Å². The molecule has 4 heterocycles. The van der Waals surface area contributed by atoms with Crippen LogP contribution in [0.1, 0.15) is 24.6 Å². The van der Waals surface area contributed by atoms with Gasteiger partial charge in [0.1, 0.15) is 6.33 Å². The van der Waals surface area contributed by atoms with Crippen LogP contribution in [-0.2, 0) is 0 Å². The van der Waals surface area contributed by atoms with Gasteiger partial charge in [-0.05, 0) is 18.9 Å². The quantitative estimate of drug-likeness (QED) is 0.726. The van der Waals surface area contributed by atoms with E-state index >= 15 is 0 Å².